The van der Waals surface area contributed by atoms with Gasteiger partial charge in [-0.2, -0.15) is 5.10 Å². The number of hydrogen-bond donors (Lipinski definition) is 1. The number of aryl methyl sites for hydroxylation is 4. The minimum atomic E-state index is -0.552. The zero-order valence-electron chi connectivity index (χ0n) is 15.2. The number of fused-ring (bicyclic) bond motifs is 1. The standard InChI is InChI=1S/C19H24N4O2/c1-5-16(19(25)20-15-9-12(2)8-13(3)10-15)23-17-11-14(4)21-22(17)7-6-18(23)24/h8-11,16H,5-7H2,1-4H3,(H,20,25)/t16-/m1/s1. The number of amides is 2. The van der Waals surface area contributed by atoms with Crippen molar-refractivity contribution < 1.29 is 9.59 Å². The molecule has 2 aromatic rings. The third kappa shape index (κ3) is 3.43. The van der Waals surface area contributed by atoms with Gasteiger partial charge >= 0.3 is 0 Å². The molecule has 0 saturated heterocycles. The number of rotatable bonds is 4. The quantitative estimate of drug-likeness (QED) is 0.930. The lowest BCUT2D eigenvalue weighted by Gasteiger charge is -2.33. The Morgan fingerprint density at radius 1 is 1.20 bits per heavy atom. The van der Waals surface area contributed by atoms with Crippen LogP contribution in [0.3, 0.4) is 0 Å². The number of carbonyl (C=O) groups excluding carboxylic acids is 2. The van der Waals surface area contributed by atoms with Crippen molar-refractivity contribution in [2.45, 2.75) is 53.1 Å². The third-order valence-electron chi connectivity index (χ3n) is 4.42. The van der Waals surface area contributed by atoms with Gasteiger partial charge in [0.15, 0.2) is 0 Å². The summed E-state index contributed by atoms with van der Waals surface area (Å²) < 4.78 is 1.81. The number of nitrogens with one attached hydrogen (secondary N) is 1. The first-order valence-corrected chi connectivity index (χ1v) is 8.64. The van der Waals surface area contributed by atoms with Gasteiger partial charge in [0.05, 0.1) is 12.2 Å². The van der Waals surface area contributed by atoms with Crippen LogP contribution < -0.4 is 10.2 Å². The lowest BCUT2D eigenvalue weighted by molar-refractivity contribution is -0.124. The average molecular weight is 340 g/mol. The van der Waals surface area contributed by atoms with Crippen molar-refractivity contribution >= 4 is 23.3 Å². The molecule has 0 bridgehead atoms. The van der Waals surface area contributed by atoms with Crippen molar-refractivity contribution in [2.24, 2.45) is 0 Å². The van der Waals surface area contributed by atoms with Gasteiger partial charge in [-0.1, -0.05) is 13.0 Å². The van der Waals surface area contributed by atoms with Gasteiger partial charge in [-0.3, -0.25) is 14.5 Å². The highest BCUT2D eigenvalue weighted by Crippen LogP contribution is 2.26. The summed E-state index contributed by atoms with van der Waals surface area (Å²) in [5, 5.41) is 7.38. The second kappa shape index (κ2) is 6.70. The molecule has 0 aliphatic carbocycles. The number of carbonyl (C=O) groups is 2. The zero-order chi connectivity index (χ0) is 18.1. The van der Waals surface area contributed by atoms with Gasteiger partial charge in [0.1, 0.15) is 11.9 Å². The Bertz CT molecular complexity index is 805. The topological polar surface area (TPSA) is 67.2 Å². The van der Waals surface area contributed by atoms with E-state index in [1.54, 1.807) is 4.90 Å². The van der Waals surface area contributed by atoms with Gasteiger partial charge in [0, 0.05) is 18.2 Å². The van der Waals surface area contributed by atoms with Gasteiger partial charge in [0.25, 0.3) is 0 Å². The molecule has 6 nitrogen and oxygen atoms in total. The largest absolute Gasteiger partial charge is 0.324 e. The molecule has 2 heterocycles. The van der Waals surface area contributed by atoms with E-state index in [9.17, 15) is 9.59 Å². The van der Waals surface area contributed by atoms with Crippen molar-refractivity contribution in [2.75, 3.05) is 10.2 Å². The van der Waals surface area contributed by atoms with E-state index in [4.69, 9.17) is 0 Å². The molecule has 1 aromatic carbocycles. The fourth-order valence-corrected chi connectivity index (χ4v) is 3.43. The van der Waals surface area contributed by atoms with Crippen LogP contribution in [0.2, 0.25) is 0 Å². The van der Waals surface area contributed by atoms with E-state index < -0.39 is 6.04 Å². The van der Waals surface area contributed by atoms with Gasteiger partial charge in [0.2, 0.25) is 11.8 Å². The molecule has 0 unspecified atom stereocenters. The Kier molecular flexibility index (Phi) is 4.61. The molecule has 1 N–H and O–H groups in total. The summed E-state index contributed by atoms with van der Waals surface area (Å²) in [5.74, 6) is 0.499. The maximum atomic E-state index is 12.9. The SMILES string of the molecule is CC[C@H](C(=O)Nc1cc(C)cc(C)c1)N1C(=O)CCn2nc(C)cc21. The predicted octanol–water partition coefficient (Wildman–Crippen LogP) is 2.96. The maximum absolute atomic E-state index is 12.9. The predicted molar refractivity (Wildman–Crippen MR) is 97.7 cm³/mol. The van der Waals surface area contributed by atoms with E-state index in [1.807, 2.05) is 50.6 Å². The molecule has 0 fully saturated rings. The van der Waals surface area contributed by atoms with E-state index in [-0.39, 0.29) is 11.8 Å². The summed E-state index contributed by atoms with van der Waals surface area (Å²) >= 11 is 0. The molecule has 1 aromatic heterocycles. The smallest absolute Gasteiger partial charge is 0.247 e. The number of nitrogens with zero attached hydrogens (tertiary/aromatic N) is 3. The van der Waals surface area contributed by atoms with E-state index in [0.717, 1.165) is 22.5 Å². The summed E-state index contributed by atoms with van der Waals surface area (Å²) in [4.78, 5) is 27.0. The molecule has 25 heavy (non-hydrogen) atoms. The van der Waals surface area contributed by atoms with Gasteiger partial charge in [-0.25, -0.2) is 4.68 Å². The Morgan fingerprint density at radius 2 is 1.88 bits per heavy atom. The molecule has 1 aliphatic heterocycles. The Balaban J connectivity index is 1.88. The first-order chi connectivity index (χ1) is 11.9. The molecule has 0 saturated carbocycles. The second-order valence-electron chi connectivity index (χ2n) is 6.67. The highest BCUT2D eigenvalue weighted by molar-refractivity contribution is 6.05. The first kappa shape index (κ1) is 17.2. The summed E-state index contributed by atoms with van der Waals surface area (Å²) in [6.45, 7) is 8.37. The molecule has 1 atom stereocenters. The van der Waals surface area contributed by atoms with Crippen molar-refractivity contribution in [1.82, 2.24) is 9.78 Å². The molecule has 1 aliphatic rings. The van der Waals surface area contributed by atoms with E-state index in [0.29, 0.717) is 25.2 Å². The van der Waals surface area contributed by atoms with Crippen LogP contribution in [0.1, 0.15) is 36.6 Å². The number of benzene rings is 1. The Hall–Kier alpha value is -2.63. The summed E-state index contributed by atoms with van der Waals surface area (Å²) in [7, 11) is 0. The molecule has 3 rings (SSSR count). The van der Waals surface area contributed by atoms with Crippen LogP contribution in [0.5, 0.6) is 0 Å². The molecule has 132 valence electrons. The average Bonchev–Trinajstić information content (AvgIpc) is 2.89. The van der Waals surface area contributed by atoms with Crippen LogP contribution in [0.15, 0.2) is 24.3 Å². The lowest BCUT2D eigenvalue weighted by atomic mass is 10.1. The second-order valence-corrected chi connectivity index (χ2v) is 6.67. The summed E-state index contributed by atoms with van der Waals surface area (Å²) in [5.41, 5.74) is 3.78. The molecule has 0 spiro atoms. The monoisotopic (exact) mass is 340 g/mol. The van der Waals surface area contributed by atoms with Crippen molar-refractivity contribution in [3.05, 3.63) is 41.1 Å². The van der Waals surface area contributed by atoms with E-state index in [2.05, 4.69) is 16.5 Å². The normalized spacial score (nSPS) is 15.0. The van der Waals surface area contributed by atoms with Crippen LogP contribution >= 0.6 is 0 Å². The van der Waals surface area contributed by atoms with Gasteiger partial charge < -0.3 is 5.32 Å². The fourth-order valence-electron chi connectivity index (χ4n) is 3.43. The van der Waals surface area contributed by atoms with Crippen LogP contribution in [-0.4, -0.2) is 27.6 Å². The highest BCUT2D eigenvalue weighted by atomic mass is 16.2. The van der Waals surface area contributed by atoms with Crippen LogP contribution in [0.25, 0.3) is 0 Å². The molecular weight excluding hydrogens is 316 g/mol. The van der Waals surface area contributed by atoms with Crippen molar-refractivity contribution in [3.63, 3.8) is 0 Å². The zero-order valence-corrected chi connectivity index (χ0v) is 15.2. The van der Waals surface area contributed by atoms with E-state index in [1.165, 1.54) is 0 Å². The van der Waals surface area contributed by atoms with Crippen molar-refractivity contribution in [3.8, 4) is 0 Å². The molecule has 2 amide bonds. The van der Waals surface area contributed by atoms with Crippen molar-refractivity contribution in [1.29, 1.82) is 0 Å². The minimum Gasteiger partial charge on any atom is -0.324 e. The van der Waals surface area contributed by atoms with Gasteiger partial charge in [-0.05, 0) is 50.5 Å². The Morgan fingerprint density at radius 3 is 2.52 bits per heavy atom. The number of hydrogen-bond acceptors (Lipinski definition) is 3. The number of anilines is 2. The third-order valence-corrected chi connectivity index (χ3v) is 4.42. The number of aromatic nitrogens is 2. The maximum Gasteiger partial charge on any atom is 0.247 e. The highest BCUT2D eigenvalue weighted by Gasteiger charge is 2.34. The summed E-state index contributed by atoms with van der Waals surface area (Å²) in [6, 6.07) is 7.24. The van der Waals surface area contributed by atoms with Crippen LogP contribution in [0, 0.1) is 20.8 Å². The molecule has 6 heteroatoms. The van der Waals surface area contributed by atoms with E-state index >= 15 is 0 Å². The summed E-state index contributed by atoms with van der Waals surface area (Å²) in [6.07, 6.45) is 0.897. The first-order valence-electron chi connectivity index (χ1n) is 8.64. The van der Waals surface area contributed by atoms with Gasteiger partial charge in [-0.15, -0.1) is 0 Å². The Labute approximate surface area is 147 Å². The fraction of sp³-hybridized carbons (Fsp3) is 0.421. The minimum absolute atomic E-state index is 0.0326. The lowest BCUT2D eigenvalue weighted by Crippen LogP contribution is -2.50. The molecule has 0 radical (unpaired) electrons. The molecular formula is C19H24N4O2. The van der Waals surface area contributed by atoms with Crippen LogP contribution in [0.4, 0.5) is 11.5 Å². The van der Waals surface area contributed by atoms with Crippen LogP contribution in [-0.2, 0) is 16.1 Å².